The summed E-state index contributed by atoms with van der Waals surface area (Å²) >= 11 is 0. The molecule has 0 spiro atoms. The van der Waals surface area contributed by atoms with E-state index in [1.54, 1.807) is 0 Å². The van der Waals surface area contributed by atoms with Crippen molar-refractivity contribution in [3.63, 3.8) is 0 Å². The molecule has 1 aromatic rings. The summed E-state index contributed by atoms with van der Waals surface area (Å²) in [6.07, 6.45) is 0.998. The maximum absolute atomic E-state index is 11.3. The Morgan fingerprint density at radius 3 is 3.00 bits per heavy atom. The molecule has 90 valence electrons. The lowest BCUT2D eigenvalue weighted by Crippen LogP contribution is -2.38. The first-order valence-corrected chi connectivity index (χ1v) is 6.06. The summed E-state index contributed by atoms with van der Waals surface area (Å²) in [4.78, 5) is 11.3. The monoisotopic (exact) mass is 232 g/mol. The first-order valence-electron chi connectivity index (χ1n) is 6.06. The SMILES string of the molecule is O=C(O)C1CNCCC2c3ccccc3NC12. The third-order valence-electron chi connectivity index (χ3n) is 3.86. The van der Waals surface area contributed by atoms with Crippen molar-refractivity contribution in [2.75, 3.05) is 18.4 Å². The normalized spacial score (nSPS) is 30.9. The van der Waals surface area contributed by atoms with Crippen molar-refractivity contribution in [1.82, 2.24) is 5.32 Å². The molecular formula is C13H16N2O2. The molecule has 0 saturated carbocycles. The third kappa shape index (κ3) is 1.69. The van der Waals surface area contributed by atoms with Crippen LogP contribution in [0.25, 0.3) is 0 Å². The van der Waals surface area contributed by atoms with Gasteiger partial charge in [0.15, 0.2) is 0 Å². The molecule has 3 unspecified atom stereocenters. The highest BCUT2D eigenvalue weighted by Gasteiger charge is 2.41. The van der Waals surface area contributed by atoms with Crippen molar-refractivity contribution < 1.29 is 9.90 Å². The molecule has 2 aliphatic rings. The van der Waals surface area contributed by atoms with E-state index < -0.39 is 5.97 Å². The Kier molecular flexibility index (Phi) is 2.52. The van der Waals surface area contributed by atoms with Gasteiger partial charge in [-0.3, -0.25) is 4.79 Å². The fourth-order valence-electron chi connectivity index (χ4n) is 3.02. The third-order valence-corrected chi connectivity index (χ3v) is 3.86. The van der Waals surface area contributed by atoms with Gasteiger partial charge in [-0.05, 0) is 24.6 Å². The van der Waals surface area contributed by atoms with E-state index in [1.807, 2.05) is 18.2 Å². The molecule has 0 aliphatic carbocycles. The van der Waals surface area contributed by atoms with Gasteiger partial charge in [0.1, 0.15) is 0 Å². The van der Waals surface area contributed by atoms with E-state index in [1.165, 1.54) is 5.56 Å². The Bertz CT molecular complexity index is 447. The molecule has 4 heteroatoms. The molecule has 1 saturated heterocycles. The summed E-state index contributed by atoms with van der Waals surface area (Å²) < 4.78 is 0. The van der Waals surface area contributed by atoms with Crippen LogP contribution in [0.15, 0.2) is 24.3 Å². The highest BCUT2D eigenvalue weighted by Crippen LogP contribution is 2.41. The second-order valence-corrected chi connectivity index (χ2v) is 4.80. The smallest absolute Gasteiger partial charge is 0.309 e. The Labute approximate surface area is 100 Å². The van der Waals surface area contributed by atoms with Crippen molar-refractivity contribution in [3.8, 4) is 0 Å². The van der Waals surface area contributed by atoms with Crippen LogP contribution in [0.2, 0.25) is 0 Å². The van der Waals surface area contributed by atoms with E-state index >= 15 is 0 Å². The average Bonchev–Trinajstić information content (AvgIpc) is 2.54. The number of rotatable bonds is 1. The van der Waals surface area contributed by atoms with Crippen LogP contribution in [-0.2, 0) is 4.79 Å². The number of anilines is 1. The fraction of sp³-hybridized carbons (Fsp3) is 0.462. The second kappa shape index (κ2) is 4.04. The van der Waals surface area contributed by atoms with Gasteiger partial charge in [-0.15, -0.1) is 0 Å². The molecule has 4 nitrogen and oxygen atoms in total. The molecule has 1 fully saturated rings. The van der Waals surface area contributed by atoms with Crippen molar-refractivity contribution in [2.45, 2.75) is 18.4 Å². The van der Waals surface area contributed by atoms with Crippen molar-refractivity contribution in [2.24, 2.45) is 5.92 Å². The van der Waals surface area contributed by atoms with Crippen LogP contribution in [0.4, 0.5) is 5.69 Å². The van der Waals surface area contributed by atoms with Crippen molar-refractivity contribution >= 4 is 11.7 Å². The van der Waals surface area contributed by atoms with Crippen LogP contribution in [-0.4, -0.2) is 30.2 Å². The van der Waals surface area contributed by atoms with Crippen LogP contribution in [0.5, 0.6) is 0 Å². The minimum atomic E-state index is -0.713. The van der Waals surface area contributed by atoms with Crippen molar-refractivity contribution in [1.29, 1.82) is 0 Å². The van der Waals surface area contributed by atoms with Crippen LogP contribution >= 0.6 is 0 Å². The highest BCUT2D eigenvalue weighted by atomic mass is 16.4. The zero-order valence-electron chi connectivity index (χ0n) is 9.52. The van der Waals surface area contributed by atoms with Crippen LogP contribution in [0, 0.1) is 5.92 Å². The predicted molar refractivity (Wildman–Crippen MR) is 65.2 cm³/mol. The van der Waals surface area contributed by atoms with E-state index in [0.717, 1.165) is 18.7 Å². The molecule has 3 atom stereocenters. The lowest BCUT2D eigenvalue weighted by Gasteiger charge is -2.22. The number of carboxylic acids is 1. The topological polar surface area (TPSA) is 61.4 Å². The maximum atomic E-state index is 11.3. The summed E-state index contributed by atoms with van der Waals surface area (Å²) in [7, 11) is 0. The Morgan fingerprint density at radius 1 is 1.35 bits per heavy atom. The number of aliphatic carboxylic acids is 1. The minimum Gasteiger partial charge on any atom is -0.481 e. The zero-order valence-corrected chi connectivity index (χ0v) is 9.52. The highest BCUT2D eigenvalue weighted by molar-refractivity contribution is 5.74. The van der Waals surface area contributed by atoms with Gasteiger partial charge < -0.3 is 15.7 Å². The molecule has 1 aromatic carbocycles. The molecule has 0 radical (unpaired) electrons. The number of carbonyl (C=O) groups is 1. The molecule has 2 heterocycles. The molecule has 3 rings (SSSR count). The molecule has 3 N–H and O–H groups in total. The van der Waals surface area contributed by atoms with Crippen LogP contribution in [0.3, 0.4) is 0 Å². The number of carboxylic acid groups (broad SMARTS) is 1. The maximum Gasteiger partial charge on any atom is 0.309 e. The van der Waals surface area contributed by atoms with Gasteiger partial charge in [-0.1, -0.05) is 18.2 Å². The standard InChI is InChI=1S/C13H16N2O2/c16-13(17)10-7-14-6-5-9-8-3-1-2-4-11(8)15-12(9)10/h1-4,9-10,12,14-15H,5-7H2,(H,16,17). The Hall–Kier alpha value is -1.55. The average molecular weight is 232 g/mol. The van der Waals surface area contributed by atoms with Crippen LogP contribution in [0.1, 0.15) is 17.9 Å². The van der Waals surface area contributed by atoms with E-state index in [-0.39, 0.29) is 12.0 Å². The number of para-hydroxylation sites is 1. The molecule has 17 heavy (non-hydrogen) atoms. The largest absolute Gasteiger partial charge is 0.481 e. The first-order chi connectivity index (χ1) is 8.27. The molecular weight excluding hydrogens is 216 g/mol. The van der Waals surface area contributed by atoms with E-state index in [4.69, 9.17) is 0 Å². The molecule has 0 bridgehead atoms. The van der Waals surface area contributed by atoms with Gasteiger partial charge in [-0.25, -0.2) is 0 Å². The van der Waals surface area contributed by atoms with E-state index in [9.17, 15) is 9.90 Å². The predicted octanol–water partition coefficient (Wildman–Crippen LogP) is 1.26. The van der Waals surface area contributed by atoms with Gasteiger partial charge in [0.05, 0.1) is 5.92 Å². The Balaban J connectivity index is 1.97. The Morgan fingerprint density at radius 2 is 2.18 bits per heavy atom. The second-order valence-electron chi connectivity index (χ2n) is 4.80. The van der Waals surface area contributed by atoms with Gasteiger partial charge in [0, 0.05) is 24.2 Å². The molecule has 0 aromatic heterocycles. The summed E-state index contributed by atoms with van der Waals surface area (Å²) in [5.41, 5.74) is 2.38. The summed E-state index contributed by atoms with van der Waals surface area (Å²) in [5.74, 6) is -0.744. The fourth-order valence-corrected chi connectivity index (χ4v) is 3.02. The zero-order chi connectivity index (χ0) is 11.8. The van der Waals surface area contributed by atoms with Gasteiger partial charge in [0.25, 0.3) is 0 Å². The van der Waals surface area contributed by atoms with Crippen LogP contribution < -0.4 is 10.6 Å². The molecule has 0 amide bonds. The van der Waals surface area contributed by atoms with E-state index in [2.05, 4.69) is 16.7 Å². The first kappa shape index (κ1) is 10.6. The lowest BCUT2D eigenvalue weighted by atomic mass is 9.86. The summed E-state index contributed by atoms with van der Waals surface area (Å²) in [6, 6.07) is 8.19. The van der Waals surface area contributed by atoms with Crippen molar-refractivity contribution in [3.05, 3.63) is 29.8 Å². The number of fused-ring (bicyclic) bond motifs is 3. The summed E-state index contributed by atoms with van der Waals surface area (Å²) in [5, 5.41) is 15.9. The molecule has 2 aliphatic heterocycles. The van der Waals surface area contributed by atoms with Gasteiger partial charge in [-0.2, -0.15) is 0 Å². The number of benzene rings is 1. The number of nitrogens with one attached hydrogen (secondary N) is 2. The van der Waals surface area contributed by atoms with E-state index in [0.29, 0.717) is 12.5 Å². The summed E-state index contributed by atoms with van der Waals surface area (Å²) in [6.45, 7) is 1.44. The quantitative estimate of drug-likeness (QED) is 0.682. The van der Waals surface area contributed by atoms with Gasteiger partial charge in [0.2, 0.25) is 0 Å². The number of hydrogen-bond donors (Lipinski definition) is 3. The minimum absolute atomic E-state index is 0.0277. The van der Waals surface area contributed by atoms with Gasteiger partial charge >= 0.3 is 5.97 Å². The lowest BCUT2D eigenvalue weighted by molar-refractivity contribution is -0.142. The number of hydrogen-bond acceptors (Lipinski definition) is 3.